The molecule has 6 heteroatoms. The van der Waals surface area contributed by atoms with Crippen LogP contribution < -0.4 is 0 Å². The molecule has 1 aromatic heterocycles. The summed E-state index contributed by atoms with van der Waals surface area (Å²) < 4.78 is 7.02. The van der Waals surface area contributed by atoms with Crippen LogP contribution in [-0.2, 0) is 4.74 Å². The molecule has 3 aromatic carbocycles. The van der Waals surface area contributed by atoms with E-state index in [1.807, 2.05) is 54.8 Å². The Labute approximate surface area is 193 Å². The van der Waals surface area contributed by atoms with Crippen LogP contribution in [0.3, 0.4) is 0 Å². The predicted molar refractivity (Wildman–Crippen MR) is 128 cm³/mol. The number of aromatic amines is 1. The van der Waals surface area contributed by atoms with E-state index in [1.165, 1.54) is 12.8 Å². The zero-order valence-electron chi connectivity index (χ0n) is 17.0. The lowest BCUT2D eigenvalue weighted by molar-refractivity contribution is 0.0378. The van der Waals surface area contributed by atoms with E-state index in [-0.39, 0.29) is 5.97 Å². The first-order valence-electron chi connectivity index (χ1n) is 10.2. The molecule has 1 unspecified atom stereocenters. The van der Waals surface area contributed by atoms with Gasteiger partial charge >= 0.3 is 5.97 Å². The van der Waals surface area contributed by atoms with Crippen molar-refractivity contribution in [2.75, 3.05) is 6.26 Å². The maximum absolute atomic E-state index is 13.2. The third kappa shape index (κ3) is 4.41. The van der Waals surface area contributed by atoms with Gasteiger partial charge in [-0.25, -0.2) is 9.78 Å². The molecule has 4 nitrogen and oxygen atoms in total. The van der Waals surface area contributed by atoms with Gasteiger partial charge < -0.3 is 9.72 Å². The molecule has 5 rings (SSSR count). The Bertz CT molecular complexity index is 1270. The highest BCUT2D eigenvalue weighted by atomic mass is 79.9. The van der Waals surface area contributed by atoms with Gasteiger partial charge in [-0.05, 0) is 72.7 Å². The normalized spacial score (nSPS) is 14.5. The summed E-state index contributed by atoms with van der Waals surface area (Å²) in [6.07, 6.45) is 3.89. The van der Waals surface area contributed by atoms with Crippen molar-refractivity contribution in [3.05, 3.63) is 93.7 Å². The van der Waals surface area contributed by atoms with Crippen molar-refractivity contribution in [1.82, 2.24) is 9.97 Å². The monoisotopic (exact) mass is 492 g/mol. The quantitative estimate of drug-likeness (QED) is 0.235. The number of halogens is 1. The first kappa shape index (κ1) is 20.3. The molecule has 0 radical (unpaired) electrons. The van der Waals surface area contributed by atoms with Crippen LogP contribution in [-0.4, -0.2) is 22.2 Å². The number of imidazole rings is 1. The minimum absolute atomic E-state index is 0.357. The lowest BCUT2D eigenvalue weighted by atomic mass is 10.0. The number of hydrogen-bond acceptors (Lipinski definition) is 4. The summed E-state index contributed by atoms with van der Waals surface area (Å²) in [7, 11) is 0. The molecule has 0 saturated heterocycles. The molecule has 1 atom stereocenters. The Balaban J connectivity index is 1.48. The van der Waals surface area contributed by atoms with E-state index in [1.54, 1.807) is 17.8 Å². The highest BCUT2D eigenvalue weighted by molar-refractivity contribution is 9.10. The lowest BCUT2D eigenvalue weighted by Gasteiger charge is -2.20. The SMILES string of the molecule is CSc1cccc(C(OC(=O)c2ccc3nc(C4CC4)[nH]c3c2)c2cccc(Br)c2)c1. The summed E-state index contributed by atoms with van der Waals surface area (Å²) >= 11 is 5.20. The second-order valence-electron chi connectivity index (χ2n) is 7.75. The number of carbonyl (C=O) groups is 1. The second kappa shape index (κ2) is 8.52. The van der Waals surface area contributed by atoms with Gasteiger partial charge in [-0.3, -0.25) is 0 Å². The second-order valence-corrected chi connectivity index (χ2v) is 9.54. The van der Waals surface area contributed by atoms with Gasteiger partial charge in [0.25, 0.3) is 0 Å². The van der Waals surface area contributed by atoms with Crippen molar-refractivity contribution < 1.29 is 9.53 Å². The fourth-order valence-corrected chi connectivity index (χ4v) is 4.57. The number of benzene rings is 3. The number of fused-ring (bicyclic) bond motifs is 1. The number of carbonyl (C=O) groups excluding carboxylic acids is 1. The van der Waals surface area contributed by atoms with E-state index < -0.39 is 6.10 Å². The maximum atomic E-state index is 13.2. The Hall–Kier alpha value is -2.57. The van der Waals surface area contributed by atoms with Crippen LogP contribution in [0.4, 0.5) is 0 Å². The van der Waals surface area contributed by atoms with Crippen LogP contribution in [0.15, 0.2) is 76.1 Å². The highest BCUT2D eigenvalue weighted by Crippen LogP contribution is 2.39. The summed E-state index contributed by atoms with van der Waals surface area (Å²) in [5.74, 6) is 1.19. The molecule has 0 spiro atoms. The van der Waals surface area contributed by atoms with Gasteiger partial charge in [0.05, 0.1) is 16.6 Å². The Morgan fingerprint density at radius 3 is 2.61 bits per heavy atom. The molecule has 1 heterocycles. The van der Waals surface area contributed by atoms with E-state index >= 15 is 0 Å². The molecule has 1 aliphatic rings. The number of nitrogens with zero attached hydrogens (tertiary/aromatic N) is 1. The van der Waals surface area contributed by atoms with Crippen molar-refractivity contribution in [1.29, 1.82) is 0 Å². The predicted octanol–water partition coefficient (Wildman–Crippen LogP) is 6.87. The molecule has 1 N–H and O–H groups in total. The van der Waals surface area contributed by atoms with E-state index in [0.29, 0.717) is 11.5 Å². The maximum Gasteiger partial charge on any atom is 0.339 e. The van der Waals surface area contributed by atoms with Gasteiger partial charge in [-0.1, -0.05) is 40.2 Å². The lowest BCUT2D eigenvalue weighted by Crippen LogP contribution is -2.13. The third-order valence-corrected chi connectivity index (χ3v) is 6.69. The van der Waals surface area contributed by atoms with Crippen LogP contribution >= 0.6 is 27.7 Å². The molecule has 0 aliphatic heterocycles. The van der Waals surface area contributed by atoms with Gasteiger partial charge in [0.15, 0.2) is 6.10 Å². The highest BCUT2D eigenvalue weighted by Gasteiger charge is 2.27. The number of esters is 1. The Morgan fingerprint density at radius 1 is 1.10 bits per heavy atom. The summed E-state index contributed by atoms with van der Waals surface area (Å²) in [6, 6.07) is 21.5. The van der Waals surface area contributed by atoms with Gasteiger partial charge in [0.1, 0.15) is 5.82 Å². The number of rotatable bonds is 6. The smallest absolute Gasteiger partial charge is 0.339 e. The Kier molecular flexibility index (Phi) is 5.59. The van der Waals surface area contributed by atoms with Gasteiger partial charge in [-0.15, -0.1) is 11.8 Å². The summed E-state index contributed by atoms with van der Waals surface area (Å²) in [5.41, 5.74) is 4.13. The minimum atomic E-state index is -0.503. The Morgan fingerprint density at radius 2 is 1.87 bits per heavy atom. The van der Waals surface area contributed by atoms with Crippen molar-refractivity contribution in [2.45, 2.75) is 29.8 Å². The molecule has 0 bridgehead atoms. The number of thioether (sulfide) groups is 1. The standard InChI is InChI=1S/C25H21BrN2O2S/c1-31-20-7-3-5-17(13-20)23(16-4-2-6-19(26)12-16)30-25(29)18-10-11-21-22(14-18)28-24(27-21)15-8-9-15/h2-7,10-15,23H,8-9H2,1H3,(H,27,28). The van der Waals surface area contributed by atoms with Crippen LogP contribution in [0.1, 0.15) is 52.2 Å². The minimum Gasteiger partial charge on any atom is -0.449 e. The average Bonchev–Trinajstić information content (AvgIpc) is 3.56. The van der Waals surface area contributed by atoms with Gasteiger partial charge in [-0.2, -0.15) is 0 Å². The first-order chi connectivity index (χ1) is 15.1. The molecule has 4 aromatic rings. The molecule has 1 saturated carbocycles. The summed E-state index contributed by atoms with van der Waals surface area (Å²) in [5, 5.41) is 0. The molecule has 31 heavy (non-hydrogen) atoms. The molecular formula is C25H21BrN2O2S. The average molecular weight is 493 g/mol. The molecule has 1 aliphatic carbocycles. The fraction of sp³-hybridized carbons (Fsp3) is 0.200. The molecule has 156 valence electrons. The molecule has 1 fully saturated rings. The van der Waals surface area contributed by atoms with Crippen LogP contribution in [0.5, 0.6) is 0 Å². The number of ether oxygens (including phenoxy) is 1. The van der Waals surface area contributed by atoms with Crippen molar-refractivity contribution >= 4 is 44.7 Å². The topological polar surface area (TPSA) is 55.0 Å². The van der Waals surface area contributed by atoms with Crippen molar-refractivity contribution in [2.24, 2.45) is 0 Å². The van der Waals surface area contributed by atoms with Gasteiger partial charge in [0.2, 0.25) is 0 Å². The summed E-state index contributed by atoms with van der Waals surface area (Å²) in [6.45, 7) is 0. The number of aromatic nitrogens is 2. The largest absolute Gasteiger partial charge is 0.449 e. The number of H-pyrrole nitrogens is 1. The zero-order valence-corrected chi connectivity index (χ0v) is 19.4. The van der Waals surface area contributed by atoms with E-state index in [9.17, 15) is 4.79 Å². The third-order valence-electron chi connectivity index (χ3n) is 5.47. The molecule has 0 amide bonds. The number of hydrogen-bond donors (Lipinski definition) is 1. The fourth-order valence-electron chi connectivity index (χ4n) is 3.68. The molecular weight excluding hydrogens is 472 g/mol. The number of nitrogens with one attached hydrogen (secondary N) is 1. The van der Waals surface area contributed by atoms with Crippen LogP contribution in [0.25, 0.3) is 11.0 Å². The van der Waals surface area contributed by atoms with Crippen molar-refractivity contribution in [3.8, 4) is 0 Å². The summed E-state index contributed by atoms with van der Waals surface area (Å²) in [4.78, 5) is 22.3. The van der Waals surface area contributed by atoms with Crippen molar-refractivity contribution in [3.63, 3.8) is 0 Å². The van der Waals surface area contributed by atoms with Crippen LogP contribution in [0, 0.1) is 0 Å². The van der Waals surface area contributed by atoms with E-state index in [0.717, 1.165) is 37.4 Å². The van der Waals surface area contributed by atoms with E-state index in [4.69, 9.17) is 4.74 Å². The zero-order chi connectivity index (χ0) is 21.4. The van der Waals surface area contributed by atoms with E-state index in [2.05, 4.69) is 38.0 Å². The van der Waals surface area contributed by atoms with Crippen LogP contribution in [0.2, 0.25) is 0 Å². The first-order valence-corrected chi connectivity index (χ1v) is 12.2. The van der Waals surface area contributed by atoms with Gasteiger partial charge in [0, 0.05) is 15.3 Å².